The predicted octanol–water partition coefficient (Wildman–Crippen LogP) is 4.29. The summed E-state index contributed by atoms with van der Waals surface area (Å²) in [5.74, 6) is 0.336. The lowest BCUT2D eigenvalue weighted by Gasteiger charge is -2.46. The number of anilines is 1. The molecule has 36 heavy (non-hydrogen) atoms. The molecule has 1 aromatic carbocycles. The number of benzene rings is 1. The molecule has 5 rings (SSSR count). The van der Waals surface area contributed by atoms with E-state index in [0.29, 0.717) is 60.8 Å². The van der Waals surface area contributed by atoms with Crippen molar-refractivity contribution in [3.05, 3.63) is 54.6 Å². The molecule has 1 fully saturated rings. The smallest absolute Gasteiger partial charge is 0.407 e. The molecule has 4 heterocycles. The third-order valence-electron chi connectivity index (χ3n) is 6.56. The van der Waals surface area contributed by atoms with Gasteiger partial charge in [-0.1, -0.05) is 0 Å². The maximum atomic E-state index is 14.8. The molecule has 9 nitrogen and oxygen atoms in total. The molecule has 3 aromatic heterocycles. The number of carbonyl (C=O) groups is 1. The zero-order valence-corrected chi connectivity index (χ0v) is 20.4. The molecule has 0 spiro atoms. The zero-order valence-electron chi connectivity index (χ0n) is 20.4. The Kier molecular flexibility index (Phi) is 6.13. The van der Waals surface area contributed by atoms with Crippen LogP contribution in [0.1, 0.15) is 13.8 Å². The molecule has 1 N–H and O–H groups in total. The molecule has 188 valence electrons. The summed E-state index contributed by atoms with van der Waals surface area (Å²) in [6.07, 6.45) is 2.66. The summed E-state index contributed by atoms with van der Waals surface area (Å²) >= 11 is 0. The molecule has 0 radical (unpaired) electrons. The fourth-order valence-electron chi connectivity index (χ4n) is 4.76. The number of ether oxygens (including phenoxy) is 2. The largest absolute Gasteiger partial charge is 0.491 e. The Bertz CT molecular complexity index is 1440. The van der Waals surface area contributed by atoms with E-state index in [2.05, 4.69) is 9.88 Å². The second-order valence-corrected chi connectivity index (χ2v) is 9.40. The van der Waals surface area contributed by atoms with Crippen molar-refractivity contribution in [3.8, 4) is 17.1 Å². The number of hydrogen-bond acceptors (Lipinski definition) is 6. The van der Waals surface area contributed by atoms with Gasteiger partial charge in [-0.3, -0.25) is 9.30 Å². The average Bonchev–Trinajstić information content (AvgIpc) is 3.26. The number of piperazine rings is 1. The fraction of sp³-hybridized carbons (Fsp3) is 0.346. The predicted molar refractivity (Wildman–Crippen MR) is 134 cm³/mol. The number of rotatable bonds is 6. The molecule has 4 aromatic rings. The summed E-state index contributed by atoms with van der Waals surface area (Å²) in [5, 5.41) is 9.98. The quantitative estimate of drug-likeness (QED) is 0.401. The van der Waals surface area contributed by atoms with E-state index in [4.69, 9.17) is 14.5 Å². The normalized spacial score (nSPS) is 15.6. The number of halogens is 1. The van der Waals surface area contributed by atoms with Gasteiger partial charge < -0.3 is 19.5 Å². The van der Waals surface area contributed by atoms with Crippen molar-refractivity contribution in [1.29, 1.82) is 0 Å². The molecule has 1 aliphatic heterocycles. The molecule has 1 aliphatic rings. The minimum atomic E-state index is -0.941. The van der Waals surface area contributed by atoms with E-state index in [-0.39, 0.29) is 5.82 Å². The van der Waals surface area contributed by atoms with Gasteiger partial charge in [0.1, 0.15) is 23.8 Å². The van der Waals surface area contributed by atoms with Crippen molar-refractivity contribution >= 4 is 28.3 Å². The highest BCUT2D eigenvalue weighted by molar-refractivity contribution is 5.93. The minimum Gasteiger partial charge on any atom is -0.491 e. The van der Waals surface area contributed by atoms with Crippen LogP contribution in [0.4, 0.5) is 14.9 Å². The lowest BCUT2D eigenvalue weighted by atomic mass is 9.98. The van der Waals surface area contributed by atoms with Crippen molar-refractivity contribution < 1.29 is 23.8 Å². The molecule has 1 saturated heterocycles. The van der Waals surface area contributed by atoms with Gasteiger partial charge in [-0.15, -0.1) is 0 Å². The van der Waals surface area contributed by atoms with Crippen LogP contribution in [-0.2, 0) is 4.74 Å². The van der Waals surface area contributed by atoms with E-state index in [1.165, 1.54) is 11.0 Å². The van der Waals surface area contributed by atoms with E-state index in [1.54, 1.807) is 31.5 Å². The van der Waals surface area contributed by atoms with Crippen LogP contribution in [0.15, 0.2) is 48.8 Å². The van der Waals surface area contributed by atoms with Gasteiger partial charge >= 0.3 is 6.09 Å². The van der Waals surface area contributed by atoms with Crippen molar-refractivity contribution in [2.45, 2.75) is 19.4 Å². The molecule has 0 bridgehead atoms. The van der Waals surface area contributed by atoms with E-state index < -0.39 is 11.6 Å². The monoisotopic (exact) mass is 493 g/mol. The van der Waals surface area contributed by atoms with Gasteiger partial charge in [0.2, 0.25) is 0 Å². The third kappa shape index (κ3) is 4.28. The van der Waals surface area contributed by atoms with E-state index in [1.807, 2.05) is 36.6 Å². The number of nitrogens with zero attached hydrogens (tertiary/aromatic N) is 5. The number of methoxy groups -OCH3 is 1. The number of aromatic nitrogens is 3. The SMILES string of the molecule is COCCOc1ccn2c(-c3ccc4c(F)ccc(N5CCN(C(=O)O)C(C)(C)C5)c4n3)cnc2c1. The summed E-state index contributed by atoms with van der Waals surface area (Å²) in [5.41, 5.74) is 2.82. The Morgan fingerprint density at radius 1 is 1.17 bits per heavy atom. The van der Waals surface area contributed by atoms with E-state index in [9.17, 15) is 14.3 Å². The zero-order chi connectivity index (χ0) is 25.4. The Morgan fingerprint density at radius 3 is 2.75 bits per heavy atom. The van der Waals surface area contributed by atoms with Gasteiger partial charge in [0.25, 0.3) is 0 Å². The molecule has 10 heteroatoms. The van der Waals surface area contributed by atoms with Crippen molar-refractivity contribution in [2.24, 2.45) is 0 Å². The molecule has 0 aliphatic carbocycles. The Balaban J connectivity index is 1.52. The molecule has 1 amide bonds. The lowest BCUT2D eigenvalue weighted by Crippen LogP contribution is -2.61. The maximum Gasteiger partial charge on any atom is 0.407 e. The number of hydrogen-bond donors (Lipinski definition) is 1. The lowest BCUT2D eigenvalue weighted by molar-refractivity contribution is 0.0846. The van der Waals surface area contributed by atoms with Crippen LogP contribution in [0, 0.1) is 5.82 Å². The van der Waals surface area contributed by atoms with Crippen LogP contribution in [0.25, 0.3) is 27.9 Å². The molecule has 0 saturated carbocycles. The number of imidazole rings is 1. The summed E-state index contributed by atoms with van der Waals surface area (Å²) < 4.78 is 27.4. The number of pyridine rings is 2. The summed E-state index contributed by atoms with van der Waals surface area (Å²) in [4.78, 5) is 24.6. The van der Waals surface area contributed by atoms with Crippen LogP contribution in [-0.4, -0.2) is 76.0 Å². The Morgan fingerprint density at radius 2 is 2.00 bits per heavy atom. The van der Waals surface area contributed by atoms with Crippen LogP contribution < -0.4 is 9.64 Å². The van der Waals surface area contributed by atoms with Gasteiger partial charge in [0.05, 0.1) is 40.9 Å². The summed E-state index contributed by atoms with van der Waals surface area (Å²) in [7, 11) is 1.62. The molecular weight excluding hydrogens is 465 g/mol. The number of carboxylic acid groups (broad SMARTS) is 1. The first kappa shape index (κ1) is 23.8. The molecular formula is C26H28FN5O4. The van der Waals surface area contributed by atoms with Gasteiger partial charge in [0.15, 0.2) is 0 Å². The standard InChI is InChI=1S/C26H28FN5O4/c1-26(2)16-30(10-11-32(26)25(33)34)21-7-5-19(27)18-4-6-20(29-24(18)21)22-15-28-23-14-17(8-9-31(22)23)36-13-12-35-3/h4-9,14-15H,10-13,16H2,1-3H3,(H,33,34). The van der Waals surface area contributed by atoms with Gasteiger partial charge in [-0.05, 0) is 44.2 Å². The maximum absolute atomic E-state index is 14.8. The number of amides is 1. The highest BCUT2D eigenvalue weighted by Crippen LogP contribution is 2.33. The van der Waals surface area contributed by atoms with Crippen LogP contribution in [0.3, 0.4) is 0 Å². The topological polar surface area (TPSA) is 92.4 Å². The summed E-state index contributed by atoms with van der Waals surface area (Å²) in [6, 6.07) is 10.4. The van der Waals surface area contributed by atoms with Crippen LogP contribution in [0.5, 0.6) is 5.75 Å². The van der Waals surface area contributed by atoms with Crippen molar-refractivity contribution in [3.63, 3.8) is 0 Å². The van der Waals surface area contributed by atoms with Gasteiger partial charge in [-0.25, -0.2) is 19.2 Å². The van der Waals surface area contributed by atoms with Crippen molar-refractivity contribution in [2.75, 3.05) is 44.9 Å². The van der Waals surface area contributed by atoms with Crippen LogP contribution in [0.2, 0.25) is 0 Å². The van der Waals surface area contributed by atoms with Crippen molar-refractivity contribution in [1.82, 2.24) is 19.3 Å². The summed E-state index contributed by atoms with van der Waals surface area (Å²) in [6.45, 7) is 6.03. The third-order valence-corrected chi connectivity index (χ3v) is 6.56. The second-order valence-electron chi connectivity index (χ2n) is 9.40. The Hall–Kier alpha value is -3.92. The first-order chi connectivity index (χ1) is 17.3. The second kappa shape index (κ2) is 9.27. The molecule has 0 unspecified atom stereocenters. The number of fused-ring (bicyclic) bond motifs is 2. The fourth-order valence-corrected chi connectivity index (χ4v) is 4.76. The van der Waals surface area contributed by atoms with E-state index >= 15 is 0 Å². The highest BCUT2D eigenvalue weighted by Gasteiger charge is 2.37. The first-order valence-electron chi connectivity index (χ1n) is 11.7. The van der Waals surface area contributed by atoms with Crippen LogP contribution >= 0.6 is 0 Å². The Labute approximate surface area is 207 Å². The van der Waals surface area contributed by atoms with Gasteiger partial charge in [0, 0.05) is 44.4 Å². The highest BCUT2D eigenvalue weighted by atomic mass is 19.1. The van der Waals surface area contributed by atoms with Gasteiger partial charge in [-0.2, -0.15) is 0 Å². The minimum absolute atomic E-state index is 0.350. The average molecular weight is 494 g/mol. The molecule has 0 atom stereocenters. The van der Waals surface area contributed by atoms with E-state index in [0.717, 1.165) is 11.4 Å². The first-order valence-corrected chi connectivity index (χ1v) is 11.7.